The highest BCUT2D eigenvalue weighted by atomic mass is 16.3. The zero-order chi connectivity index (χ0) is 8.85. The van der Waals surface area contributed by atoms with E-state index in [0.717, 1.165) is 0 Å². The van der Waals surface area contributed by atoms with Crippen molar-refractivity contribution in [3.05, 3.63) is 0 Å². The number of carbonyl (C=O) groups excluding carboxylic acids is 2. The molecule has 0 radical (unpaired) electrons. The molecule has 0 saturated heterocycles. The van der Waals surface area contributed by atoms with E-state index >= 15 is 0 Å². The predicted molar refractivity (Wildman–Crippen MR) is 35.5 cm³/mol. The Morgan fingerprint density at radius 1 is 1.36 bits per heavy atom. The van der Waals surface area contributed by atoms with Gasteiger partial charge < -0.3 is 15.9 Å². The fourth-order valence-electron chi connectivity index (χ4n) is 0.543. The minimum Gasteiger partial charge on any atom is -0.395 e. The Morgan fingerprint density at radius 3 is 2.18 bits per heavy atom. The van der Waals surface area contributed by atoms with Crippen molar-refractivity contribution >= 4 is 11.9 Å². The van der Waals surface area contributed by atoms with E-state index in [4.69, 9.17) is 15.9 Å². The van der Waals surface area contributed by atoms with Crippen LogP contribution in [0, 0.1) is 0 Å². The van der Waals surface area contributed by atoms with Crippen molar-refractivity contribution in [1.29, 1.82) is 0 Å². The van der Waals surface area contributed by atoms with E-state index in [9.17, 15) is 9.59 Å². The van der Waals surface area contributed by atoms with E-state index in [1.54, 1.807) is 0 Å². The van der Waals surface area contributed by atoms with Gasteiger partial charge in [-0.15, -0.1) is 0 Å². The van der Waals surface area contributed by atoms with E-state index in [1.165, 1.54) is 0 Å². The van der Waals surface area contributed by atoms with Crippen LogP contribution in [0.4, 0.5) is 4.79 Å². The van der Waals surface area contributed by atoms with Crippen LogP contribution in [0.5, 0.6) is 0 Å². The van der Waals surface area contributed by atoms with E-state index < -0.39 is 18.5 Å². The number of nitrogens with zero attached hydrogens (tertiary/aromatic N) is 1. The molecule has 0 saturated carbocycles. The molecule has 0 bridgehead atoms. The summed E-state index contributed by atoms with van der Waals surface area (Å²) in [6, 6.07) is -0.974. The van der Waals surface area contributed by atoms with E-state index in [0.29, 0.717) is 4.90 Å². The van der Waals surface area contributed by atoms with Gasteiger partial charge in [0.2, 0.25) is 0 Å². The summed E-state index contributed by atoms with van der Waals surface area (Å²) < 4.78 is 0. The number of imide groups is 1. The van der Waals surface area contributed by atoms with Crippen LogP contribution in [0.2, 0.25) is 0 Å². The third kappa shape index (κ3) is 2.96. The average Bonchev–Trinajstić information content (AvgIpc) is 1.98. The van der Waals surface area contributed by atoms with Crippen molar-refractivity contribution in [2.45, 2.75) is 0 Å². The zero-order valence-electron chi connectivity index (χ0n) is 5.86. The Balaban J connectivity index is 4.09. The Labute approximate surface area is 63.2 Å². The third-order valence-corrected chi connectivity index (χ3v) is 1.03. The van der Waals surface area contributed by atoms with Gasteiger partial charge in [-0.05, 0) is 0 Å². The van der Waals surface area contributed by atoms with Gasteiger partial charge in [-0.1, -0.05) is 0 Å². The summed E-state index contributed by atoms with van der Waals surface area (Å²) in [6.07, 6.45) is 0. The van der Waals surface area contributed by atoms with Crippen LogP contribution in [-0.4, -0.2) is 46.8 Å². The van der Waals surface area contributed by atoms with E-state index in [1.807, 2.05) is 0 Å². The molecule has 4 N–H and O–H groups in total. The quantitative estimate of drug-likeness (QED) is 0.441. The van der Waals surface area contributed by atoms with Crippen molar-refractivity contribution in [3.8, 4) is 0 Å². The van der Waals surface area contributed by atoms with Gasteiger partial charge in [0.15, 0.2) is 0 Å². The molecule has 11 heavy (non-hydrogen) atoms. The molecule has 0 rings (SSSR count). The molecule has 0 heterocycles. The topological polar surface area (TPSA) is 104 Å². The van der Waals surface area contributed by atoms with Crippen LogP contribution in [0.15, 0.2) is 0 Å². The summed E-state index contributed by atoms with van der Waals surface area (Å²) in [5.41, 5.74) is 4.74. The molecule has 0 aromatic heterocycles. The van der Waals surface area contributed by atoms with Gasteiger partial charge in [0.1, 0.15) is 6.61 Å². The van der Waals surface area contributed by atoms with Crippen molar-refractivity contribution in [2.75, 3.05) is 19.8 Å². The average molecular weight is 162 g/mol. The molecule has 0 unspecified atom stereocenters. The monoisotopic (exact) mass is 162 g/mol. The number of hydrogen-bond acceptors (Lipinski definition) is 4. The van der Waals surface area contributed by atoms with Crippen molar-refractivity contribution in [1.82, 2.24) is 4.90 Å². The highest BCUT2D eigenvalue weighted by Gasteiger charge is 2.16. The number of primary amides is 1. The van der Waals surface area contributed by atoms with Gasteiger partial charge in [-0.3, -0.25) is 9.69 Å². The summed E-state index contributed by atoms with van der Waals surface area (Å²) in [6.45, 7) is -1.34. The molecule has 0 aliphatic heterocycles. The summed E-state index contributed by atoms with van der Waals surface area (Å²) in [7, 11) is 0. The number of aliphatic hydroxyl groups excluding tert-OH is 2. The maximum atomic E-state index is 10.6. The van der Waals surface area contributed by atoms with Gasteiger partial charge in [-0.25, -0.2) is 4.79 Å². The van der Waals surface area contributed by atoms with Crippen LogP contribution < -0.4 is 5.73 Å². The minimum absolute atomic E-state index is 0.186. The lowest BCUT2D eigenvalue weighted by Crippen LogP contribution is -2.43. The smallest absolute Gasteiger partial charge is 0.321 e. The molecule has 0 atom stereocenters. The highest BCUT2D eigenvalue weighted by molar-refractivity contribution is 5.94. The molecule has 6 heteroatoms. The molecule has 0 spiro atoms. The largest absolute Gasteiger partial charge is 0.395 e. The number of nitrogens with two attached hydrogens (primary N) is 1. The highest BCUT2D eigenvalue weighted by Crippen LogP contribution is 1.87. The number of carbonyl (C=O) groups is 2. The van der Waals surface area contributed by atoms with E-state index in [2.05, 4.69) is 0 Å². The second-order valence-corrected chi connectivity index (χ2v) is 1.77. The van der Waals surface area contributed by atoms with Gasteiger partial charge >= 0.3 is 6.03 Å². The van der Waals surface area contributed by atoms with Crippen molar-refractivity contribution < 1.29 is 19.8 Å². The Morgan fingerprint density at radius 2 is 1.91 bits per heavy atom. The van der Waals surface area contributed by atoms with E-state index in [-0.39, 0.29) is 13.2 Å². The van der Waals surface area contributed by atoms with Gasteiger partial charge in [-0.2, -0.15) is 0 Å². The molecule has 0 aliphatic carbocycles. The first-order valence-corrected chi connectivity index (χ1v) is 2.95. The molecule has 0 fully saturated rings. The number of rotatable bonds is 3. The number of aliphatic hydroxyl groups is 2. The Hall–Kier alpha value is -1.14. The maximum Gasteiger partial charge on any atom is 0.321 e. The van der Waals surface area contributed by atoms with Crippen molar-refractivity contribution in [2.24, 2.45) is 5.73 Å². The molecule has 3 amide bonds. The number of amides is 3. The normalized spacial score (nSPS) is 9.27. The van der Waals surface area contributed by atoms with Crippen LogP contribution >= 0.6 is 0 Å². The molecule has 0 aromatic carbocycles. The lowest BCUT2D eigenvalue weighted by Gasteiger charge is -2.14. The first kappa shape index (κ1) is 9.86. The van der Waals surface area contributed by atoms with Crippen LogP contribution in [0.1, 0.15) is 0 Å². The summed E-state index contributed by atoms with van der Waals surface area (Å²) in [5, 5.41) is 16.6. The number of hydrogen-bond donors (Lipinski definition) is 3. The predicted octanol–water partition coefficient (Wildman–Crippen LogP) is -2.12. The number of urea groups is 1. The van der Waals surface area contributed by atoms with Crippen LogP contribution in [-0.2, 0) is 4.79 Å². The lowest BCUT2D eigenvalue weighted by atomic mass is 10.5. The SMILES string of the molecule is NC(=O)N(CCO)C(=O)CO. The van der Waals surface area contributed by atoms with Gasteiger partial charge in [0.25, 0.3) is 5.91 Å². The third-order valence-electron chi connectivity index (χ3n) is 1.03. The summed E-state index contributed by atoms with van der Waals surface area (Å²) in [5.74, 6) is -0.813. The minimum atomic E-state index is -0.974. The molecule has 0 aromatic rings. The van der Waals surface area contributed by atoms with Crippen LogP contribution in [0.3, 0.4) is 0 Å². The second-order valence-electron chi connectivity index (χ2n) is 1.77. The zero-order valence-corrected chi connectivity index (χ0v) is 5.86. The first-order valence-electron chi connectivity index (χ1n) is 2.95. The maximum absolute atomic E-state index is 10.6. The molecular weight excluding hydrogens is 152 g/mol. The molecule has 6 nitrogen and oxygen atoms in total. The van der Waals surface area contributed by atoms with Crippen LogP contribution in [0.25, 0.3) is 0 Å². The Bertz CT molecular complexity index is 159. The Kier molecular flexibility index (Phi) is 4.16. The fraction of sp³-hybridized carbons (Fsp3) is 0.600. The standard InChI is InChI=1S/C5H10N2O4/c6-5(11)7(1-2-8)4(10)3-9/h8-9H,1-3H2,(H2,6,11). The summed E-state index contributed by atoms with van der Waals surface area (Å²) >= 11 is 0. The first-order chi connectivity index (χ1) is 5.13. The van der Waals surface area contributed by atoms with Gasteiger partial charge in [0, 0.05) is 0 Å². The molecule has 64 valence electrons. The summed E-state index contributed by atoms with van der Waals surface area (Å²) in [4.78, 5) is 21.6. The second kappa shape index (κ2) is 4.64. The lowest BCUT2D eigenvalue weighted by molar-refractivity contribution is -0.131. The van der Waals surface area contributed by atoms with Gasteiger partial charge in [0.05, 0.1) is 13.2 Å². The van der Waals surface area contributed by atoms with Crippen molar-refractivity contribution in [3.63, 3.8) is 0 Å². The fourth-order valence-corrected chi connectivity index (χ4v) is 0.543. The molecular formula is C5H10N2O4. The molecule has 0 aliphatic rings.